The van der Waals surface area contributed by atoms with Crippen molar-refractivity contribution in [2.75, 3.05) is 0 Å². The molecule has 4 nitrogen and oxygen atoms in total. The van der Waals surface area contributed by atoms with E-state index < -0.39 is 0 Å². The van der Waals surface area contributed by atoms with E-state index in [9.17, 15) is 4.79 Å². The zero-order valence-corrected chi connectivity index (χ0v) is 18.0. The van der Waals surface area contributed by atoms with Gasteiger partial charge in [0.15, 0.2) is 5.76 Å². The van der Waals surface area contributed by atoms with Crippen molar-refractivity contribution >= 4 is 38.8 Å². The van der Waals surface area contributed by atoms with Gasteiger partial charge in [-0.3, -0.25) is 4.79 Å². The minimum absolute atomic E-state index is 0.189. The smallest absolute Gasteiger partial charge is 0.221 e. The fourth-order valence-electron chi connectivity index (χ4n) is 3.41. The second-order valence-corrected chi connectivity index (χ2v) is 7.98. The lowest BCUT2D eigenvalue weighted by atomic mass is 10.1. The molecule has 5 rings (SSSR count). The molecule has 0 aliphatic heterocycles. The predicted octanol–water partition coefficient (Wildman–Crippen LogP) is 6.94. The van der Waals surface area contributed by atoms with E-state index in [1.807, 2.05) is 89.7 Å². The third-order valence-electron chi connectivity index (χ3n) is 4.96. The van der Waals surface area contributed by atoms with E-state index in [1.165, 1.54) is 6.08 Å². The standard InChI is InChI=1S/C26H17BrN2O2/c27-21-13-10-18(11-14-21)26-20(17-29(28-26)22-7-2-1-3-8-22)12-15-23(30)25-16-19-6-4-5-9-24(19)31-25/h1-17H/b15-12+. The van der Waals surface area contributed by atoms with Crippen LogP contribution in [-0.4, -0.2) is 15.6 Å². The maximum Gasteiger partial charge on any atom is 0.221 e. The van der Waals surface area contributed by atoms with Crippen LogP contribution in [0.5, 0.6) is 0 Å². The molecule has 0 N–H and O–H groups in total. The van der Waals surface area contributed by atoms with Gasteiger partial charge in [-0.05, 0) is 48.6 Å². The largest absolute Gasteiger partial charge is 0.453 e. The van der Waals surface area contributed by atoms with Gasteiger partial charge in [-0.25, -0.2) is 4.68 Å². The normalized spacial score (nSPS) is 11.4. The van der Waals surface area contributed by atoms with Crippen molar-refractivity contribution in [3.8, 4) is 16.9 Å². The fourth-order valence-corrected chi connectivity index (χ4v) is 3.67. The number of aromatic nitrogens is 2. The highest BCUT2D eigenvalue weighted by Gasteiger charge is 2.13. The Kier molecular flexibility index (Phi) is 5.10. The summed E-state index contributed by atoms with van der Waals surface area (Å²) in [6.45, 7) is 0. The van der Waals surface area contributed by atoms with Gasteiger partial charge in [0.25, 0.3) is 0 Å². The summed E-state index contributed by atoms with van der Waals surface area (Å²) in [7, 11) is 0. The summed E-state index contributed by atoms with van der Waals surface area (Å²) in [5, 5.41) is 5.69. The molecule has 31 heavy (non-hydrogen) atoms. The molecule has 0 saturated heterocycles. The minimum atomic E-state index is -0.189. The van der Waals surface area contributed by atoms with Crippen LogP contribution in [-0.2, 0) is 0 Å². The first kappa shape index (κ1) is 19.3. The summed E-state index contributed by atoms with van der Waals surface area (Å²) in [5.74, 6) is 0.128. The first-order valence-corrected chi connectivity index (χ1v) is 10.6. The minimum Gasteiger partial charge on any atom is -0.453 e. The second-order valence-electron chi connectivity index (χ2n) is 7.07. The Morgan fingerprint density at radius 1 is 0.935 bits per heavy atom. The lowest BCUT2D eigenvalue weighted by Crippen LogP contribution is -1.93. The highest BCUT2D eigenvalue weighted by Crippen LogP contribution is 2.27. The van der Waals surface area contributed by atoms with Crippen molar-refractivity contribution < 1.29 is 9.21 Å². The number of fused-ring (bicyclic) bond motifs is 1. The van der Waals surface area contributed by atoms with Gasteiger partial charge in [0.05, 0.1) is 11.4 Å². The van der Waals surface area contributed by atoms with Crippen molar-refractivity contribution in [3.05, 3.63) is 113 Å². The second kappa shape index (κ2) is 8.20. The molecule has 0 aliphatic rings. The molecule has 0 aliphatic carbocycles. The van der Waals surface area contributed by atoms with Crippen LogP contribution in [0.3, 0.4) is 0 Å². The van der Waals surface area contributed by atoms with E-state index in [4.69, 9.17) is 9.52 Å². The predicted molar refractivity (Wildman–Crippen MR) is 126 cm³/mol. The number of carbonyl (C=O) groups is 1. The number of para-hydroxylation sites is 2. The molecule has 3 aromatic carbocycles. The van der Waals surface area contributed by atoms with Crippen molar-refractivity contribution in [2.24, 2.45) is 0 Å². The molecule has 0 radical (unpaired) electrons. The van der Waals surface area contributed by atoms with Crippen LogP contribution < -0.4 is 0 Å². The molecule has 0 unspecified atom stereocenters. The molecule has 0 amide bonds. The third kappa shape index (κ3) is 4.00. The number of hydrogen-bond acceptors (Lipinski definition) is 3. The molecule has 5 heteroatoms. The Labute approximate surface area is 187 Å². The summed E-state index contributed by atoms with van der Waals surface area (Å²) in [4.78, 5) is 12.7. The molecule has 0 saturated carbocycles. The molecule has 0 fully saturated rings. The number of furan rings is 1. The fraction of sp³-hybridized carbons (Fsp3) is 0. The molecule has 2 heterocycles. The van der Waals surface area contributed by atoms with E-state index in [-0.39, 0.29) is 5.78 Å². The number of rotatable bonds is 5. The van der Waals surface area contributed by atoms with Gasteiger partial charge in [-0.2, -0.15) is 5.10 Å². The maximum atomic E-state index is 12.7. The van der Waals surface area contributed by atoms with E-state index in [1.54, 1.807) is 12.1 Å². The number of carbonyl (C=O) groups excluding carboxylic acids is 1. The van der Waals surface area contributed by atoms with Crippen LogP contribution in [0.4, 0.5) is 0 Å². The van der Waals surface area contributed by atoms with Gasteiger partial charge in [-0.15, -0.1) is 0 Å². The lowest BCUT2D eigenvalue weighted by Gasteiger charge is -2.00. The Morgan fingerprint density at radius 3 is 2.45 bits per heavy atom. The quantitative estimate of drug-likeness (QED) is 0.207. The van der Waals surface area contributed by atoms with Crippen molar-refractivity contribution in [1.29, 1.82) is 0 Å². The van der Waals surface area contributed by atoms with Gasteiger partial charge in [-0.1, -0.05) is 64.5 Å². The molecule has 2 aromatic heterocycles. The first-order chi connectivity index (χ1) is 15.2. The number of benzene rings is 3. The first-order valence-electron chi connectivity index (χ1n) is 9.79. The number of ketones is 1. The molecule has 0 bridgehead atoms. The van der Waals surface area contributed by atoms with Crippen molar-refractivity contribution in [2.45, 2.75) is 0 Å². The summed E-state index contributed by atoms with van der Waals surface area (Å²) in [6.07, 6.45) is 5.25. The zero-order chi connectivity index (χ0) is 21.2. The SMILES string of the molecule is O=C(/C=C/c1cn(-c2ccccc2)nc1-c1ccc(Br)cc1)c1cc2ccccc2o1. The van der Waals surface area contributed by atoms with Crippen molar-refractivity contribution in [1.82, 2.24) is 9.78 Å². The maximum absolute atomic E-state index is 12.7. The van der Waals surface area contributed by atoms with Gasteiger partial charge in [0, 0.05) is 27.2 Å². The van der Waals surface area contributed by atoms with Crippen LogP contribution in [0.25, 0.3) is 34.0 Å². The molecule has 5 aromatic rings. The third-order valence-corrected chi connectivity index (χ3v) is 5.49. The van der Waals surface area contributed by atoms with Gasteiger partial charge in [0.2, 0.25) is 5.78 Å². The van der Waals surface area contributed by atoms with Crippen molar-refractivity contribution in [3.63, 3.8) is 0 Å². The number of nitrogens with zero attached hydrogens (tertiary/aromatic N) is 2. The molecular weight excluding hydrogens is 452 g/mol. The Bertz CT molecular complexity index is 1360. The highest BCUT2D eigenvalue weighted by molar-refractivity contribution is 9.10. The lowest BCUT2D eigenvalue weighted by molar-refractivity contribution is 0.102. The number of allylic oxidation sites excluding steroid dienone is 1. The van der Waals surface area contributed by atoms with Gasteiger partial charge >= 0.3 is 0 Å². The highest BCUT2D eigenvalue weighted by atomic mass is 79.9. The van der Waals surface area contributed by atoms with E-state index in [2.05, 4.69) is 15.9 Å². The molecule has 0 atom stereocenters. The van der Waals surface area contributed by atoms with E-state index in [0.29, 0.717) is 11.3 Å². The summed E-state index contributed by atoms with van der Waals surface area (Å²) in [6, 6.07) is 27.2. The van der Waals surface area contributed by atoms with E-state index in [0.717, 1.165) is 32.4 Å². The number of halogens is 1. The summed E-state index contributed by atoms with van der Waals surface area (Å²) in [5.41, 5.74) is 4.25. The monoisotopic (exact) mass is 468 g/mol. The molecule has 0 spiro atoms. The zero-order valence-electron chi connectivity index (χ0n) is 16.4. The van der Waals surface area contributed by atoms with Crippen LogP contribution in [0.1, 0.15) is 16.1 Å². The summed E-state index contributed by atoms with van der Waals surface area (Å²) >= 11 is 3.47. The van der Waals surface area contributed by atoms with Crippen LogP contribution in [0, 0.1) is 0 Å². The van der Waals surface area contributed by atoms with Crippen LogP contribution in [0.2, 0.25) is 0 Å². The van der Waals surface area contributed by atoms with E-state index >= 15 is 0 Å². The summed E-state index contributed by atoms with van der Waals surface area (Å²) < 4.78 is 8.51. The Balaban J connectivity index is 1.52. The average molecular weight is 469 g/mol. The van der Waals surface area contributed by atoms with Gasteiger partial charge < -0.3 is 4.42 Å². The Morgan fingerprint density at radius 2 is 1.68 bits per heavy atom. The molecular formula is C26H17BrN2O2. The topological polar surface area (TPSA) is 48.0 Å². The van der Waals surface area contributed by atoms with Crippen LogP contribution >= 0.6 is 15.9 Å². The Hall–Kier alpha value is -3.70. The molecule has 150 valence electrons. The van der Waals surface area contributed by atoms with Gasteiger partial charge in [0.1, 0.15) is 5.58 Å². The van der Waals surface area contributed by atoms with Crippen LogP contribution in [0.15, 0.2) is 106 Å². The number of hydrogen-bond donors (Lipinski definition) is 0. The average Bonchev–Trinajstić information content (AvgIpc) is 3.43.